The number of nitrogens with one attached hydrogen (secondary N) is 1. The predicted molar refractivity (Wildman–Crippen MR) is 79.9 cm³/mol. The first kappa shape index (κ1) is 14.2. The standard InChI is InChI=1S/C14H11BrN2O3/c1-9-2-7-13(17(19)20)12(8-9)14(18)16-11-5-3-10(15)4-6-11/h2-8H,1H3,(H,16,18). The molecule has 0 aliphatic rings. The molecule has 0 spiro atoms. The number of anilines is 1. The fourth-order valence-corrected chi connectivity index (χ4v) is 1.99. The normalized spacial score (nSPS) is 10.1. The predicted octanol–water partition coefficient (Wildman–Crippen LogP) is 3.92. The number of carbonyl (C=O) groups is 1. The van der Waals surface area contributed by atoms with Gasteiger partial charge in [0.15, 0.2) is 0 Å². The van der Waals surface area contributed by atoms with Crippen LogP contribution in [0.2, 0.25) is 0 Å². The fraction of sp³-hybridized carbons (Fsp3) is 0.0714. The maximum absolute atomic E-state index is 12.1. The molecule has 102 valence electrons. The summed E-state index contributed by atoms with van der Waals surface area (Å²) in [4.78, 5) is 22.5. The zero-order chi connectivity index (χ0) is 14.7. The number of rotatable bonds is 3. The fourth-order valence-electron chi connectivity index (χ4n) is 1.72. The molecule has 0 bridgehead atoms. The van der Waals surface area contributed by atoms with Gasteiger partial charge in [0.05, 0.1) is 4.92 Å². The first-order chi connectivity index (χ1) is 9.47. The molecule has 0 saturated carbocycles. The highest BCUT2D eigenvalue weighted by molar-refractivity contribution is 9.10. The maximum atomic E-state index is 12.1. The van der Waals surface area contributed by atoms with Crippen molar-refractivity contribution in [3.8, 4) is 0 Å². The number of benzene rings is 2. The summed E-state index contributed by atoms with van der Waals surface area (Å²) in [6, 6.07) is 11.4. The quantitative estimate of drug-likeness (QED) is 0.683. The molecule has 2 aromatic rings. The van der Waals surface area contributed by atoms with Crippen molar-refractivity contribution in [1.29, 1.82) is 0 Å². The second-order valence-corrected chi connectivity index (χ2v) is 5.15. The Morgan fingerprint density at radius 3 is 2.45 bits per heavy atom. The number of amides is 1. The molecule has 2 rings (SSSR count). The number of hydrogen-bond acceptors (Lipinski definition) is 3. The average Bonchev–Trinajstić information content (AvgIpc) is 2.41. The van der Waals surface area contributed by atoms with Crippen molar-refractivity contribution in [2.45, 2.75) is 6.92 Å². The second-order valence-electron chi connectivity index (χ2n) is 4.24. The SMILES string of the molecule is Cc1ccc([N+](=O)[O-])c(C(=O)Nc2ccc(Br)cc2)c1. The van der Waals surface area contributed by atoms with E-state index in [1.54, 1.807) is 37.3 Å². The first-order valence-corrected chi connectivity index (χ1v) is 6.58. The summed E-state index contributed by atoms with van der Waals surface area (Å²) >= 11 is 3.29. The summed E-state index contributed by atoms with van der Waals surface area (Å²) < 4.78 is 0.886. The summed E-state index contributed by atoms with van der Waals surface area (Å²) in [6.07, 6.45) is 0. The van der Waals surface area contributed by atoms with Crippen LogP contribution in [-0.2, 0) is 0 Å². The van der Waals surface area contributed by atoms with E-state index in [0.717, 1.165) is 10.0 Å². The van der Waals surface area contributed by atoms with Crippen molar-refractivity contribution in [3.05, 3.63) is 68.2 Å². The van der Waals surface area contributed by atoms with Gasteiger partial charge in [0.25, 0.3) is 11.6 Å². The van der Waals surface area contributed by atoms with Crippen molar-refractivity contribution in [2.75, 3.05) is 5.32 Å². The Morgan fingerprint density at radius 1 is 1.20 bits per heavy atom. The maximum Gasteiger partial charge on any atom is 0.282 e. The van der Waals surface area contributed by atoms with Crippen molar-refractivity contribution < 1.29 is 9.72 Å². The van der Waals surface area contributed by atoms with Crippen molar-refractivity contribution in [3.63, 3.8) is 0 Å². The molecular weight excluding hydrogens is 324 g/mol. The molecule has 1 N–H and O–H groups in total. The monoisotopic (exact) mass is 334 g/mol. The smallest absolute Gasteiger partial charge is 0.282 e. The molecule has 0 aliphatic heterocycles. The lowest BCUT2D eigenvalue weighted by Crippen LogP contribution is -2.14. The molecule has 5 nitrogen and oxygen atoms in total. The van der Waals surface area contributed by atoms with Gasteiger partial charge in [0.2, 0.25) is 0 Å². The number of nitro benzene ring substituents is 1. The van der Waals surface area contributed by atoms with Gasteiger partial charge in [-0.05, 0) is 42.8 Å². The van der Waals surface area contributed by atoms with Gasteiger partial charge in [0, 0.05) is 16.2 Å². The van der Waals surface area contributed by atoms with Gasteiger partial charge in [-0.25, -0.2) is 0 Å². The van der Waals surface area contributed by atoms with Crippen molar-refractivity contribution >= 4 is 33.2 Å². The lowest BCUT2D eigenvalue weighted by atomic mass is 10.1. The Hall–Kier alpha value is -2.21. The molecule has 0 saturated heterocycles. The molecule has 0 unspecified atom stereocenters. The minimum Gasteiger partial charge on any atom is -0.322 e. The molecular formula is C14H11BrN2O3. The van der Waals surface area contributed by atoms with Crippen LogP contribution in [0.15, 0.2) is 46.9 Å². The molecule has 0 aromatic heterocycles. The molecule has 0 radical (unpaired) electrons. The third-order valence-corrected chi connectivity index (χ3v) is 3.22. The van der Waals surface area contributed by atoms with Gasteiger partial charge < -0.3 is 5.32 Å². The zero-order valence-corrected chi connectivity index (χ0v) is 12.2. The molecule has 0 fully saturated rings. The highest BCUT2D eigenvalue weighted by Gasteiger charge is 2.20. The third-order valence-electron chi connectivity index (χ3n) is 2.70. The Kier molecular flexibility index (Phi) is 4.14. The van der Waals surface area contributed by atoms with E-state index in [1.807, 2.05) is 0 Å². The van der Waals surface area contributed by atoms with Gasteiger partial charge in [-0.1, -0.05) is 22.0 Å². The Morgan fingerprint density at radius 2 is 1.85 bits per heavy atom. The average molecular weight is 335 g/mol. The highest BCUT2D eigenvalue weighted by atomic mass is 79.9. The van der Waals surface area contributed by atoms with Crippen LogP contribution in [0, 0.1) is 17.0 Å². The van der Waals surface area contributed by atoms with Crippen LogP contribution in [0.5, 0.6) is 0 Å². The van der Waals surface area contributed by atoms with E-state index in [-0.39, 0.29) is 11.3 Å². The molecule has 20 heavy (non-hydrogen) atoms. The van der Waals surface area contributed by atoms with E-state index >= 15 is 0 Å². The van der Waals surface area contributed by atoms with E-state index in [4.69, 9.17) is 0 Å². The van der Waals surface area contributed by atoms with Gasteiger partial charge in [-0.2, -0.15) is 0 Å². The van der Waals surface area contributed by atoms with Crippen LogP contribution >= 0.6 is 15.9 Å². The van der Waals surface area contributed by atoms with Crippen LogP contribution < -0.4 is 5.32 Å². The summed E-state index contributed by atoms with van der Waals surface area (Å²) in [5, 5.41) is 13.6. The van der Waals surface area contributed by atoms with Crippen LogP contribution in [-0.4, -0.2) is 10.8 Å². The highest BCUT2D eigenvalue weighted by Crippen LogP contribution is 2.22. The number of halogens is 1. The van der Waals surface area contributed by atoms with E-state index in [2.05, 4.69) is 21.2 Å². The van der Waals surface area contributed by atoms with Gasteiger partial charge in [-0.15, -0.1) is 0 Å². The van der Waals surface area contributed by atoms with Crippen LogP contribution in [0.3, 0.4) is 0 Å². The molecule has 0 atom stereocenters. The molecule has 0 heterocycles. The van der Waals surface area contributed by atoms with Crippen molar-refractivity contribution in [1.82, 2.24) is 0 Å². The Bertz CT molecular complexity index is 669. The van der Waals surface area contributed by atoms with Crippen molar-refractivity contribution in [2.24, 2.45) is 0 Å². The third kappa shape index (κ3) is 3.21. The van der Waals surface area contributed by atoms with E-state index in [0.29, 0.717) is 5.69 Å². The summed E-state index contributed by atoms with van der Waals surface area (Å²) in [7, 11) is 0. The van der Waals surface area contributed by atoms with Gasteiger partial charge in [0.1, 0.15) is 5.56 Å². The summed E-state index contributed by atoms with van der Waals surface area (Å²) in [6.45, 7) is 1.78. The second kappa shape index (κ2) is 5.83. The Labute approximate surface area is 123 Å². The number of aryl methyl sites for hydroxylation is 1. The number of nitrogens with zero attached hydrogens (tertiary/aromatic N) is 1. The number of nitro groups is 1. The largest absolute Gasteiger partial charge is 0.322 e. The van der Waals surface area contributed by atoms with E-state index < -0.39 is 10.8 Å². The zero-order valence-electron chi connectivity index (χ0n) is 10.6. The molecule has 1 amide bonds. The van der Waals surface area contributed by atoms with Crippen LogP contribution in [0.1, 0.15) is 15.9 Å². The molecule has 2 aromatic carbocycles. The topological polar surface area (TPSA) is 72.2 Å². The number of carbonyl (C=O) groups excluding carboxylic acids is 1. The lowest BCUT2D eigenvalue weighted by molar-refractivity contribution is -0.385. The van der Waals surface area contributed by atoms with E-state index in [1.165, 1.54) is 12.1 Å². The van der Waals surface area contributed by atoms with Crippen LogP contribution in [0.25, 0.3) is 0 Å². The Balaban J connectivity index is 2.31. The van der Waals surface area contributed by atoms with Crippen LogP contribution in [0.4, 0.5) is 11.4 Å². The summed E-state index contributed by atoms with van der Waals surface area (Å²) in [5.74, 6) is -0.497. The van der Waals surface area contributed by atoms with E-state index in [9.17, 15) is 14.9 Å². The van der Waals surface area contributed by atoms with Gasteiger partial charge in [-0.3, -0.25) is 14.9 Å². The lowest BCUT2D eigenvalue weighted by Gasteiger charge is -2.06. The number of hydrogen-bond donors (Lipinski definition) is 1. The summed E-state index contributed by atoms with van der Waals surface area (Å²) in [5.41, 5.74) is 1.22. The first-order valence-electron chi connectivity index (χ1n) is 5.79. The minimum atomic E-state index is -0.560. The minimum absolute atomic E-state index is 0.0536. The molecule has 0 aliphatic carbocycles. The molecule has 6 heteroatoms. The van der Waals surface area contributed by atoms with Gasteiger partial charge >= 0.3 is 0 Å².